The minimum atomic E-state index is -4.59. The summed E-state index contributed by atoms with van der Waals surface area (Å²) in [6.45, 7) is 13.8. The third kappa shape index (κ3) is 8.14. The fourth-order valence-corrected chi connectivity index (χ4v) is 4.58. The van der Waals surface area contributed by atoms with Crippen molar-refractivity contribution in [1.82, 2.24) is 4.90 Å². The van der Waals surface area contributed by atoms with Crippen LogP contribution in [-0.2, 0) is 24.6 Å². The van der Waals surface area contributed by atoms with Crippen molar-refractivity contribution >= 4 is 24.0 Å². The number of aromatic hydroxyl groups is 1. The Labute approximate surface area is 236 Å². The number of alkyl halides is 3. The van der Waals surface area contributed by atoms with Crippen molar-refractivity contribution < 1.29 is 18.3 Å². The number of aryl methyl sites for hydroxylation is 1. The predicted molar refractivity (Wildman–Crippen MR) is 154 cm³/mol. The minimum absolute atomic E-state index is 0. The van der Waals surface area contributed by atoms with Crippen LogP contribution in [0.4, 0.5) is 13.2 Å². The molecule has 0 heterocycles. The highest BCUT2D eigenvalue weighted by atomic mass is 35.5. The molecule has 0 saturated heterocycles. The smallest absolute Gasteiger partial charge is 0.417 e. The summed E-state index contributed by atoms with van der Waals surface area (Å²) in [6.07, 6.45) is -2.70. The van der Waals surface area contributed by atoms with E-state index in [1.54, 1.807) is 6.07 Å². The zero-order chi connectivity index (χ0) is 27.6. The summed E-state index contributed by atoms with van der Waals surface area (Å²) in [6, 6.07) is 17.9. The summed E-state index contributed by atoms with van der Waals surface area (Å²) in [5.41, 5.74) is 2.22. The SMILES string of the molecule is CC(C)(C)c1cc(CN(CCCc2ccccc2)C(C)(C)C)c(O)c(-c2ccc(Cl)c(C(F)(F)F)c2)c1.Cl. The monoisotopic (exact) mass is 567 g/mol. The van der Waals surface area contributed by atoms with E-state index in [9.17, 15) is 18.3 Å². The lowest BCUT2D eigenvalue weighted by Gasteiger charge is -2.36. The lowest BCUT2D eigenvalue weighted by Crippen LogP contribution is -2.41. The highest BCUT2D eigenvalue weighted by Gasteiger charge is 2.34. The first-order valence-corrected chi connectivity index (χ1v) is 13.0. The molecule has 3 aromatic rings. The standard InChI is InChI=1S/C31H37ClF3NO.ClH/c1-29(2,3)24-17-23(20-36(30(4,5)6)16-10-13-21-11-8-7-9-12-21)28(37)25(19-24)22-14-15-27(32)26(18-22)31(33,34)35;/h7-9,11-12,14-15,17-19,37H,10,13,16,20H2,1-6H3;1H. The van der Waals surface area contributed by atoms with E-state index >= 15 is 0 Å². The molecule has 0 amide bonds. The Bertz CT molecular complexity index is 1210. The lowest BCUT2D eigenvalue weighted by molar-refractivity contribution is -0.137. The largest absolute Gasteiger partial charge is 0.507 e. The minimum Gasteiger partial charge on any atom is -0.507 e. The molecular weight excluding hydrogens is 530 g/mol. The molecule has 7 heteroatoms. The number of nitrogens with zero attached hydrogens (tertiary/aromatic N) is 1. The molecule has 0 aliphatic rings. The van der Waals surface area contributed by atoms with Gasteiger partial charge in [-0.15, -0.1) is 12.4 Å². The van der Waals surface area contributed by atoms with Gasteiger partial charge in [0.1, 0.15) is 5.75 Å². The van der Waals surface area contributed by atoms with E-state index in [0.29, 0.717) is 17.7 Å². The Morgan fingerprint density at radius 2 is 1.50 bits per heavy atom. The van der Waals surface area contributed by atoms with Gasteiger partial charge in [0.2, 0.25) is 0 Å². The number of hydrogen-bond donors (Lipinski definition) is 1. The molecule has 0 bridgehead atoms. The molecule has 0 saturated carbocycles. The molecule has 0 radical (unpaired) electrons. The van der Waals surface area contributed by atoms with Crippen molar-refractivity contribution in [3.05, 3.63) is 87.9 Å². The zero-order valence-corrected chi connectivity index (χ0v) is 24.5. The van der Waals surface area contributed by atoms with Crippen LogP contribution in [0.25, 0.3) is 11.1 Å². The zero-order valence-electron chi connectivity index (χ0n) is 22.9. The maximum absolute atomic E-state index is 13.6. The van der Waals surface area contributed by atoms with Crippen molar-refractivity contribution in [2.24, 2.45) is 0 Å². The second-order valence-electron chi connectivity index (χ2n) is 11.7. The molecule has 0 aromatic heterocycles. The summed E-state index contributed by atoms with van der Waals surface area (Å²) in [5.74, 6) is 0.000700. The van der Waals surface area contributed by atoms with Crippen LogP contribution in [0.5, 0.6) is 5.75 Å². The normalized spacial score (nSPS) is 12.5. The van der Waals surface area contributed by atoms with E-state index in [0.717, 1.165) is 31.0 Å². The molecule has 0 aliphatic heterocycles. The van der Waals surface area contributed by atoms with Gasteiger partial charge in [0.25, 0.3) is 0 Å². The van der Waals surface area contributed by atoms with Gasteiger partial charge in [-0.3, -0.25) is 4.90 Å². The molecule has 208 valence electrons. The first-order chi connectivity index (χ1) is 17.1. The fraction of sp³-hybridized carbons (Fsp3) is 0.419. The Kier molecular flexibility index (Phi) is 10.4. The predicted octanol–water partition coefficient (Wildman–Crippen LogP) is 9.68. The molecule has 0 atom stereocenters. The molecule has 2 nitrogen and oxygen atoms in total. The lowest BCUT2D eigenvalue weighted by atomic mass is 9.83. The van der Waals surface area contributed by atoms with E-state index in [1.165, 1.54) is 17.7 Å². The third-order valence-corrected chi connectivity index (χ3v) is 7.01. The quantitative estimate of drug-likeness (QED) is 0.307. The number of rotatable bonds is 7. The summed E-state index contributed by atoms with van der Waals surface area (Å²) in [5, 5.41) is 11.0. The van der Waals surface area contributed by atoms with Crippen LogP contribution < -0.4 is 0 Å². The second-order valence-corrected chi connectivity index (χ2v) is 12.1. The molecule has 0 spiro atoms. The Hall–Kier alpha value is -2.21. The molecule has 3 aromatic carbocycles. The number of hydrogen-bond acceptors (Lipinski definition) is 2. The summed E-state index contributed by atoms with van der Waals surface area (Å²) < 4.78 is 40.8. The van der Waals surface area contributed by atoms with Crippen LogP contribution in [0, 0.1) is 0 Å². The van der Waals surface area contributed by atoms with E-state index in [4.69, 9.17) is 11.6 Å². The van der Waals surface area contributed by atoms with Gasteiger partial charge >= 0.3 is 6.18 Å². The average Bonchev–Trinajstić information content (AvgIpc) is 2.78. The van der Waals surface area contributed by atoms with Gasteiger partial charge in [0.15, 0.2) is 0 Å². The number of phenols is 1. The van der Waals surface area contributed by atoms with E-state index in [1.807, 2.05) is 24.3 Å². The second kappa shape index (κ2) is 12.3. The molecule has 0 unspecified atom stereocenters. The maximum atomic E-state index is 13.6. The van der Waals surface area contributed by atoms with Crippen LogP contribution in [0.1, 0.15) is 70.2 Å². The average molecular weight is 569 g/mol. The molecular formula is C31H38Cl2F3NO. The highest BCUT2D eigenvalue weighted by molar-refractivity contribution is 6.31. The molecule has 1 N–H and O–H groups in total. The van der Waals surface area contributed by atoms with Crippen LogP contribution >= 0.6 is 24.0 Å². The van der Waals surface area contributed by atoms with Crippen molar-refractivity contribution in [3.8, 4) is 16.9 Å². The van der Waals surface area contributed by atoms with Crippen molar-refractivity contribution in [3.63, 3.8) is 0 Å². The number of phenolic OH excluding ortho intramolecular Hbond substituents is 1. The first-order valence-electron chi connectivity index (χ1n) is 12.6. The number of halogens is 5. The van der Waals surface area contributed by atoms with Gasteiger partial charge in [-0.1, -0.05) is 74.8 Å². The third-order valence-electron chi connectivity index (χ3n) is 6.68. The molecule has 0 aliphatic carbocycles. The van der Waals surface area contributed by atoms with Gasteiger partial charge in [-0.2, -0.15) is 13.2 Å². The van der Waals surface area contributed by atoms with E-state index in [-0.39, 0.29) is 39.7 Å². The van der Waals surface area contributed by atoms with Crippen LogP contribution in [0.3, 0.4) is 0 Å². The summed E-state index contributed by atoms with van der Waals surface area (Å²) in [7, 11) is 0. The van der Waals surface area contributed by atoms with Gasteiger partial charge in [-0.05, 0) is 80.5 Å². The Morgan fingerprint density at radius 1 is 0.868 bits per heavy atom. The van der Waals surface area contributed by atoms with Gasteiger partial charge in [0.05, 0.1) is 10.6 Å². The highest BCUT2D eigenvalue weighted by Crippen LogP contribution is 2.42. The summed E-state index contributed by atoms with van der Waals surface area (Å²) in [4.78, 5) is 2.31. The Morgan fingerprint density at radius 3 is 2.05 bits per heavy atom. The molecule has 0 fully saturated rings. The first kappa shape index (κ1) is 32.0. The fourth-order valence-electron chi connectivity index (χ4n) is 4.35. The van der Waals surface area contributed by atoms with Gasteiger partial charge in [0, 0.05) is 23.2 Å². The van der Waals surface area contributed by atoms with Crippen molar-refractivity contribution in [2.75, 3.05) is 6.54 Å². The summed E-state index contributed by atoms with van der Waals surface area (Å²) >= 11 is 5.87. The van der Waals surface area contributed by atoms with E-state index < -0.39 is 11.7 Å². The van der Waals surface area contributed by atoms with Crippen LogP contribution in [0.2, 0.25) is 5.02 Å². The van der Waals surface area contributed by atoms with Gasteiger partial charge < -0.3 is 5.11 Å². The molecule has 3 rings (SSSR count). The van der Waals surface area contributed by atoms with Crippen molar-refractivity contribution in [1.29, 1.82) is 0 Å². The number of benzene rings is 3. The maximum Gasteiger partial charge on any atom is 0.417 e. The Balaban J connectivity index is 0.00000507. The van der Waals surface area contributed by atoms with Gasteiger partial charge in [-0.25, -0.2) is 0 Å². The van der Waals surface area contributed by atoms with Crippen molar-refractivity contribution in [2.45, 2.75) is 78.1 Å². The topological polar surface area (TPSA) is 23.5 Å². The van der Waals surface area contributed by atoms with Crippen LogP contribution in [-0.4, -0.2) is 22.1 Å². The van der Waals surface area contributed by atoms with E-state index in [2.05, 4.69) is 58.6 Å². The molecule has 38 heavy (non-hydrogen) atoms. The van der Waals surface area contributed by atoms with Crippen LogP contribution in [0.15, 0.2) is 60.7 Å².